The number of phenolic OH excluding ortho intramolecular Hbond substituents is 1. The van der Waals surface area contributed by atoms with E-state index in [0.717, 1.165) is 37.2 Å². The van der Waals surface area contributed by atoms with Crippen LogP contribution in [0, 0.1) is 17.8 Å². The van der Waals surface area contributed by atoms with E-state index in [1.807, 2.05) is 25.0 Å². The van der Waals surface area contributed by atoms with Gasteiger partial charge in [-0.15, -0.1) is 0 Å². The van der Waals surface area contributed by atoms with Crippen LogP contribution in [0.3, 0.4) is 0 Å². The Morgan fingerprint density at radius 3 is 2.13 bits per heavy atom. The summed E-state index contributed by atoms with van der Waals surface area (Å²) in [7, 11) is 9.10. The lowest BCUT2D eigenvalue weighted by atomic mass is 9.63. The molecule has 7 rings (SSSR count). The largest absolute Gasteiger partial charge is 0.508 e. The number of esters is 2. The minimum Gasteiger partial charge on any atom is -0.508 e. The number of aromatic hydroxyl groups is 1. The van der Waals surface area contributed by atoms with E-state index in [9.17, 15) is 9.59 Å². The van der Waals surface area contributed by atoms with E-state index >= 15 is 0 Å². The van der Waals surface area contributed by atoms with Crippen LogP contribution in [0.2, 0.25) is 0 Å². The monoisotopic (exact) mass is 732 g/mol. The van der Waals surface area contributed by atoms with Gasteiger partial charge < -0.3 is 48.0 Å². The zero-order valence-electron chi connectivity index (χ0n) is 31.0. The maximum Gasteiger partial charge on any atom is 0.338 e. The summed E-state index contributed by atoms with van der Waals surface area (Å²) >= 11 is 0. The predicted octanol–water partition coefficient (Wildman–Crippen LogP) is 5.38. The van der Waals surface area contributed by atoms with Gasteiger partial charge in [0.05, 0.1) is 53.1 Å². The van der Waals surface area contributed by atoms with Crippen molar-refractivity contribution in [2.24, 2.45) is 17.8 Å². The molecule has 13 nitrogen and oxygen atoms in total. The number of piperidine rings is 1. The van der Waals surface area contributed by atoms with Crippen molar-refractivity contribution in [2.45, 2.75) is 37.5 Å². The van der Waals surface area contributed by atoms with Crippen LogP contribution in [-0.2, 0) is 30.2 Å². The van der Waals surface area contributed by atoms with Crippen LogP contribution in [0.15, 0.2) is 60.7 Å². The molecule has 1 saturated heterocycles. The van der Waals surface area contributed by atoms with Gasteiger partial charge in [0.1, 0.15) is 30.5 Å². The number of rotatable bonds is 8. The summed E-state index contributed by atoms with van der Waals surface area (Å²) in [4.78, 5) is 41.1. The number of aromatic nitrogens is 1. The molecule has 6 atom stereocenters. The lowest BCUT2D eigenvalue weighted by Gasteiger charge is -2.52. The van der Waals surface area contributed by atoms with Crippen molar-refractivity contribution >= 4 is 29.6 Å². The minimum absolute atomic E-state index is 0.0170. The molecule has 0 unspecified atom stereocenters. The van der Waals surface area contributed by atoms with Crippen molar-refractivity contribution in [1.82, 2.24) is 9.88 Å². The fraction of sp³-hybridized carbons (Fsp3) is 0.425. The number of fused-ring (bicyclic) bond motifs is 6. The normalized spacial score (nSPS) is 22.9. The average molecular weight is 733 g/mol. The van der Waals surface area contributed by atoms with Gasteiger partial charge in [-0.3, -0.25) is 9.69 Å². The van der Waals surface area contributed by atoms with Gasteiger partial charge in [-0.05, 0) is 73.1 Å². The van der Waals surface area contributed by atoms with Gasteiger partial charge in [0.2, 0.25) is 5.75 Å². The fourth-order valence-electron chi connectivity index (χ4n) is 8.19. The van der Waals surface area contributed by atoms with E-state index < -0.39 is 24.1 Å². The standard InChI is InChI=1S/C33H40N2O9.C6H6O.CH2O/c1-38-19-7-8-20-21-9-10-35-16-18-13-27(44-32(36)17-11-25(39-2)30(41-4)26(12-17)40-3)31(42-5)28(33(37)43-6)22(18)15-24(35)29(21)34-23(20)14-19;7-6-4-2-1-3-5-6;1-2/h7-8,11-12,14,18,22,24,27-28,31,34H,9-10,13,15-16H2,1-6H3;1-5,7H;1H2/t18-,22+,24-,27-,28+,31+;;/m1../s1. The summed E-state index contributed by atoms with van der Waals surface area (Å²) in [5.74, 6) is 0.762. The van der Waals surface area contributed by atoms with E-state index in [0.29, 0.717) is 29.4 Å². The molecule has 0 bridgehead atoms. The molecule has 53 heavy (non-hydrogen) atoms. The molecule has 1 aliphatic carbocycles. The van der Waals surface area contributed by atoms with Gasteiger partial charge in [-0.2, -0.15) is 0 Å². The van der Waals surface area contributed by atoms with Crippen LogP contribution >= 0.6 is 0 Å². The Balaban J connectivity index is 0.000000534. The SMILES string of the molecule is C=O.COC(=O)[C@H]1[C@H]2C[C@@H]3c4[nH]c5cc(OC)ccc5c4CCN3C[C@H]2C[C@@H](OC(=O)c2cc(OC)c(OC)c(OC)c2)[C@@H]1OC.Oc1ccccc1. The molecule has 1 saturated carbocycles. The number of nitrogens with one attached hydrogen (secondary N) is 1. The third-order valence-corrected chi connectivity index (χ3v) is 10.5. The molecule has 2 N–H and O–H groups in total. The van der Waals surface area contributed by atoms with Gasteiger partial charge in [0.25, 0.3) is 0 Å². The summed E-state index contributed by atoms with van der Waals surface area (Å²) in [5, 5.41) is 9.84. The number of carbonyl (C=O) groups excluding carboxylic acids is 3. The van der Waals surface area contributed by atoms with Crippen LogP contribution in [0.1, 0.15) is 40.5 Å². The Kier molecular flexibility index (Phi) is 12.9. The van der Waals surface area contributed by atoms with Crippen molar-refractivity contribution in [3.8, 4) is 28.7 Å². The third kappa shape index (κ3) is 7.91. The number of H-pyrrole nitrogens is 1. The van der Waals surface area contributed by atoms with E-state index in [2.05, 4.69) is 16.0 Å². The number of hydrogen-bond acceptors (Lipinski definition) is 12. The zero-order valence-corrected chi connectivity index (χ0v) is 31.0. The van der Waals surface area contributed by atoms with Crippen molar-refractivity contribution in [3.05, 3.63) is 77.5 Å². The van der Waals surface area contributed by atoms with Crippen LogP contribution < -0.4 is 18.9 Å². The molecule has 284 valence electrons. The summed E-state index contributed by atoms with van der Waals surface area (Å²) in [6.45, 7) is 3.68. The number of nitrogens with zero attached hydrogens (tertiary/aromatic N) is 1. The van der Waals surface area contributed by atoms with Gasteiger partial charge in [0, 0.05) is 42.9 Å². The van der Waals surface area contributed by atoms with Crippen LogP contribution in [0.25, 0.3) is 10.9 Å². The number of ether oxygens (including phenoxy) is 7. The highest BCUT2D eigenvalue weighted by molar-refractivity contribution is 5.91. The quantitative estimate of drug-likeness (QED) is 0.224. The number of para-hydroxylation sites is 1. The average Bonchev–Trinajstić information content (AvgIpc) is 3.58. The van der Waals surface area contributed by atoms with Gasteiger partial charge in [0.15, 0.2) is 11.5 Å². The third-order valence-electron chi connectivity index (χ3n) is 10.5. The fourth-order valence-corrected chi connectivity index (χ4v) is 8.19. The zero-order chi connectivity index (χ0) is 38.2. The smallest absolute Gasteiger partial charge is 0.338 e. The summed E-state index contributed by atoms with van der Waals surface area (Å²) in [5.41, 5.74) is 3.83. The van der Waals surface area contributed by atoms with Crippen LogP contribution in [-0.4, -0.2) is 102 Å². The molecule has 0 amide bonds. The predicted molar refractivity (Wildman–Crippen MR) is 196 cm³/mol. The summed E-state index contributed by atoms with van der Waals surface area (Å²) in [6.07, 6.45) is 0.920. The van der Waals surface area contributed by atoms with Gasteiger partial charge in [-0.25, -0.2) is 4.79 Å². The Morgan fingerprint density at radius 1 is 0.868 bits per heavy atom. The molecule has 13 heteroatoms. The van der Waals surface area contributed by atoms with Crippen molar-refractivity contribution < 1.29 is 52.6 Å². The molecule has 3 aromatic carbocycles. The van der Waals surface area contributed by atoms with Crippen molar-refractivity contribution in [2.75, 3.05) is 55.7 Å². The second-order valence-electron chi connectivity index (χ2n) is 13.0. The molecule has 3 aliphatic rings. The van der Waals surface area contributed by atoms with E-state index in [4.69, 9.17) is 43.1 Å². The first-order valence-electron chi connectivity index (χ1n) is 17.3. The van der Waals surface area contributed by atoms with E-state index in [-0.39, 0.29) is 29.4 Å². The first kappa shape index (κ1) is 38.9. The highest BCUT2D eigenvalue weighted by Gasteiger charge is 2.54. The highest BCUT2D eigenvalue weighted by atomic mass is 16.6. The number of phenols is 1. The maximum atomic E-state index is 13.5. The lowest BCUT2D eigenvalue weighted by Crippen LogP contribution is -2.58. The van der Waals surface area contributed by atoms with Crippen LogP contribution in [0.4, 0.5) is 0 Å². The molecule has 2 aliphatic heterocycles. The molecule has 4 aromatic rings. The molecule has 1 aromatic heterocycles. The van der Waals surface area contributed by atoms with Crippen LogP contribution in [0.5, 0.6) is 28.7 Å². The summed E-state index contributed by atoms with van der Waals surface area (Å²) in [6, 6.07) is 18.1. The van der Waals surface area contributed by atoms with Gasteiger partial charge >= 0.3 is 11.9 Å². The first-order chi connectivity index (χ1) is 25.7. The molecule has 2 fully saturated rings. The number of carbonyl (C=O) groups is 3. The number of hydrogen-bond donors (Lipinski definition) is 2. The van der Waals surface area contributed by atoms with E-state index in [1.54, 1.807) is 50.6 Å². The van der Waals surface area contributed by atoms with Crippen molar-refractivity contribution in [1.29, 1.82) is 0 Å². The van der Waals surface area contributed by atoms with Gasteiger partial charge in [-0.1, -0.05) is 18.2 Å². The minimum atomic E-state index is -0.670. The first-order valence-corrected chi connectivity index (χ1v) is 17.3. The number of aromatic amines is 1. The topological polar surface area (TPSA) is 155 Å². The molecule has 3 heterocycles. The number of methoxy groups -OCH3 is 6. The molecule has 0 radical (unpaired) electrons. The van der Waals surface area contributed by atoms with Crippen molar-refractivity contribution in [3.63, 3.8) is 0 Å². The Labute approximate surface area is 309 Å². The molecule has 0 spiro atoms. The molecular weight excluding hydrogens is 684 g/mol. The second-order valence-corrected chi connectivity index (χ2v) is 13.0. The second kappa shape index (κ2) is 17.5. The maximum absolute atomic E-state index is 13.5. The Hall–Kier alpha value is -5.27. The lowest BCUT2D eigenvalue weighted by molar-refractivity contribution is -0.176. The Morgan fingerprint density at radius 2 is 1.57 bits per heavy atom. The Bertz CT molecular complexity index is 1840. The highest BCUT2D eigenvalue weighted by Crippen LogP contribution is 2.51. The molecular formula is C40H48N2O11. The number of benzene rings is 3. The van der Waals surface area contributed by atoms with E-state index in [1.165, 1.54) is 45.1 Å². The summed E-state index contributed by atoms with van der Waals surface area (Å²) < 4.78 is 39.1.